The van der Waals surface area contributed by atoms with E-state index in [2.05, 4.69) is 27.0 Å². The molecular formula is C35H41F2N5O4. The number of aromatic nitrogens is 3. The van der Waals surface area contributed by atoms with Gasteiger partial charge in [-0.15, -0.1) is 0 Å². The molecule has 6 rings (SSSR count). The molecule has 11 heteroatoms. The van der Waals surface area contributed by atoms with Gasteiger partial charge < -0.3 is 24.4 Å². The van der Waals surface area contributed by atoms with Gasteiger partial charge >= 0.3 is 5.69 Å². The van der Waals surface area contributed by atoms with Gasteiger partial charge in [0.05, 0.1) is 36.6 Å². The van der Waals surface area contributed by atoms with Crippen LogP contribution >= 0.6 is 0 Å². The normalized spacial score (nSPS) is 21.4. The number of hydrogen-bond acceptors (Lipinski definition) is 7. The summed E-state index contributed by atoms with van der Waals surface area (Å²) in [5.74, 6) is -0.321. The zero-order chi connectivity index (χ0) is 32.4. The number of piperazine rings is 1. The minimum atomic E-state index is -0.804. The Labute approximate surface area is 267 Å². The fourth-order valence-electron chi connectivity index (χ4n) is 6.64. The summed E-state index contributed by atoms with van der Waals surface area (Å²) in [4.78, 5) is 17.6. The molecule has 2 saturated heterocycles. The maximum absolute atomic E-state index is 14.4. The van der Waals surface area contributed by atoms with E-state index >= 15 is 0 Å². The Bertz CT molecular complexity index is 1680. The molecule has 2 aliphatic rings. The third-order valence-electron chi connectivity index (χ3n) is 9.26. The van der Waals surface area contributed by atoms with E-state index in [1.807, 2.05) is 50.2 Å². The molecule has 0 radical (unpaired) electrons. The highest BCUT2D eigenvalue weighted by molar-refractivity contribution is 5.54. The Morgan fingerprint density at radius 3 is 2.17 bits per heavy atom. The van der Waals surface area contributed by atoms with Crippen molar-refractivity contribution in [3.63, 3.8) is 0 Å². The molecule has 1 aromatic heterocycles. The molecule has 0 saturated carbocycles. The van der Waals surface area contributed by atoms with Crippen molar-refractivity contribution in [3.8, 4) is 11.4 Å². The summed E-state index contributed by atoms with van der Waals surface area (Å²) in [7, 11) is 0. The third-order valence-corrected chi connectivity index (χ3v) is 9.26. The summed E-state index contributed by atoms with van der Waals surface area (Å²) in [6, 6.07) is 19.3. The number of benzene rings is 3. The van der Waals surface area contributed by atoms with Gasteiger partial charge in [0, 0.05) is 55.1 Å². The Balaban J connectivity index is 0.994. The lowest BCUT2D eigenvalue weighted by molar-refractivity contribution is 0.0121. The number of ether oxygens (including phenoxy) is 2. The molecule has 9 nitrogen and oxygen atoms in total. The van der Waals surface area contributed by atoms with E-state index in [4.69, 9.17) is 9.47 Å². The van der Waals surface area contributed by atoms with Crippen LogP contribution in [-0.4, -0.2) is 65.0 Å². The Kier molecular flexibility index (Phi) is 9.15. The first-order valence-electron chi connectivity index (χ1n) is 15.9. The van der Waals surface area contributed by atoms with Crippen LogP contribution in [0.2, 0.25) is 0 Å². The summed E-state index contributed by atoms with van der Waals surface area (Å²) < 4.78 is 42.6. The molecule has 0 amide bonds. The van der Waals surface area contributed by atoms with Crippen LogP contribution in [0, 0.1) is 17.6 Å². The number of anilines is 2. The Morgan fingerprint density at radius 2 is 1.59 bits per heavy atom. The van der Waals surface area contributed by atoms with Gasteiger partial charge in [0.25, 0.3) is 0 Å². The lowest BCUT2D eigenvalue weighted by atomic mass is 9.89. The van der Waals surface area contributed by atoms with Crippen LogP contribution in [0.25, 0.3) is 5.69 Å². The molecule has 3 aromatic carbocycles. The zero-order valence-electron chi connectivity index (χ0n) is 26.5. The van der Waals surface area contributed by atoms with Crippen molar-refractivity contribution in [2.24, 2.45) is 5.92 Å². The standard InChI is InChI=1S/C35H41F2N5O4/c1-4-33(24(2)43)42-34(44)41(23-38-42)29-8-6-27(7-9-29)39-15-17-40(18-16-39)28-10-12-30(13-11-28)45-21-25-20-35(3,46-22-25)31-14-5-26(36)19-32(31)37/h5-14,19,23-25,33,43H,4,15-18,20-22H2,1-3H3/t24-,25+,33-,35+/m0/s1. The topological polar surface area (TPSA) is 85.0 Å². The van der Waals surface area contributed by atoms with Crippen molar-refractivity contribution in [2.45, 2.75) is 51.4 Å². The highest BCUT2D eigenvalue weighted by Crippen LogP contribution is 2.40. The molecular weight excluding hydrogens is 592 g/mol. The average Bonchev–Trinajstić information content (AvgIpc) is 3.63. The third kappa shape index (κ3) is 6.52. The van der Waals surface area contributed by atoms with Crippen molar-refractivity contribution in [3.05, 3.63) is 101 Å². The predicted molar refractivity (Wildman–Crippen MR) is 173 cm³/mol. The summed E-state index contributed by atoms with van der Waals surface area (Å²) in [5, 5.41) is 14.3. The van der Waals surface area contributed by atoms with Crippen LogP contribution in [0.15, 0.2) is 77.9 Å². The first kappa shape index (κ1) is 31.7. The highest BCUT2D eigenvalue weighted by atomic mass is 19.1. The molecule has 2 fully saturated rings. The predicted octanol–water partition coefficient (Wildman–Crippen LogP) is 5.30. The van der Waals surface area contributed by atoms with E-state index < -0.39 is 23.3 Å². The summed E-state index contributed by atoms with van der Waals surface area (Å²) in [6.07, 6.45) is 2.04. The fourth-order valence-corrected chi connectivity index (χ4v) is 6.64. The summed E-state index contributed by atoms with van der Waals surface area (Å²) in [6.45, 7) is 9.79. The van der Waals surface area contributed by atoms with Crippen LogP contribution in [0.5, 0.6) is 5.75 Å². The molecule has 4 aromatic rings. The number of hydrogen-bond donors (Lipinski definition) is 1. The molecule has 0 spiro atoms. The second-order valence-corrected chi connectivity index (χ2v) is 12.5. The van der Waals surface area contributed by atoms with Crippen molar-refractivity contribution in [2.75, 3.05) is 49.2 Å². The quantitative estimate of drug-likeness (QED) is 0.254. The van der Waals surface area contributed by atoms with E-state index in [0.29, 0.717) is 31.6 Å². The van der Waals surface area contributed by atoms with Gasteiger partial charge in [-0.05, 0) is 81.3 Å². The zero-order valence-corrected chi connectivity index (χ0v) is 26.5. The molecule has 0 aliphatic carbocycles. The number of aliphatic hydroxyl groups excluding tert-OH is 1. The smallest absolute Gasteiger partial charge is 0.350 e. The van der Waals surface area contributed by atoms with E-state index in [9.17, 15) is 18.7 Å². The molecule has 1 N–H and O–H groups in total. The highest BCUT2D eigenvalue weighted by Gasteiger charge is 2.40. The van der Waals surface area contributed by atoms with Crippen molar-refractivity contribution in [1.29, 1.82) is 0 Å². The minimum absolute atomic E-state index is 0.0958. The van der Waals surface area contributed by atoms with Crippen LogP contribution < -0.4 is 20.2 Å². The van der Waals surface area contributed by atoms with Crippen molar-refractivity contribution in [1.82, 2.24) is 14.3 Å². The molecule has 46 heavy (non-hydrogen) atoms. The van der Waals surface area contributed by atoms with Gasteiger partial charge in [-0.1, -0.05) is 13.0 Å². The van der Waals surface area contributed by atoms with Gasteiger partial charge in [0.1, 0.15) is 23.7 Å². The molecule has 0 unspecified atom stereocenters. The maximum Gasteiger partial charge on any atom is 0.350 e. The Hall–Kier alpha value is -4.22. The molecule has 2 aliphatic heterocycles. The van der Waals surface area contributed by atoms with E-state index in [1.165, 1.54) is 27.7 Å². The summed E-state index contributed by atoms with van der Waals surface area (Å²) >= 11 is 0. The largest absolute Gasteiger partial charge is 0.493 e. The van der Waals surface area contributed by atoms with Gasteiger partial charge in [-0.25, -0.2) is 22.8 Å². The van der Waals surface area contributed by atoms with Crippen LogP contribution in [0.3, 0.4) is 0 Å². The van der Waals surface area contributed by atoms with Crippen LogP contribution in [-0.2, 0) is 10.3 Å². The van der Waals surface area contributed by atoms with E-state index in [-0.39, 0.29) is 17.6 Å². The second-order valence-electron chi connectivity index (χ2n) is 12.5. The minimum Gasteiger partial charge on any atom is -0.493 e. The molecule has 244 valence electrons. The average molecular weight is 634 g/mol. The monoisotopic (exact) mass is 633 g/mol. The van der Waals surface area contributed by atoms with Crippen LogP contribution in [0.4, 0.5) is 20.2 Å². The van der Waals surface area contributed by atoms with Crippen molar-refractivity contribution < 1.29 is 23.4 Å². The lowest BCUT2D eigenvalue weighted by Crippen LogP contribution is -2.46. The van der Waals surface area contributed by atoms with E-state index in [1.54, 1.807) is 6.92 Å². The maximum atomic E-state index is 14.4. The SMILES string of the molecule is CC[C@@H]([C@H](C)O)n1ncn(-c2ccc(N3CCN(c4ccc(OC[C@@H]5CO[C@@](C)(c6ccc(F)cc6F)C5)cc4)CC3)cc2)c1=O. The van der Waals surface area contributed by atoms with E-state index in [0.717, 1.165) is 55.1 Å². The second kappa shape index (κ2) is 13.3. The molecule has 3 heterocycles. The fraction of sp³-hybridized carbons (Fsp3) is 0.429. The van der Waals surface area contributed by atoms with Crippen LogP contribution in [0.1, 0.15) is 45.2 Å². The number of rotatable bonds is 10. The van der Waals surface area contributed by atoms with Gasteiger partial charge in [0.15, 0.2) is 0 Å². The number of halogens is 2. The molecule has 0 bridgehead atoms. The lowest BCUT2D eigenvalue weighted by Gasteiger charge is -2.37. The first-order valence-corrected chi connectivity index (χ1v) is 15.9. The first-order chi connectivity index (χ1) is 22.1. The van der Waals surface area contributed by atoms with Gasteiger partial charge in [-0.2, -0.15) is 5.10 Å². The van der Waals surface area contributed by atoms with Gasteiger partial charge in [0.2, 0.25) is 0 Å². The summed E-state index contributed by atoms with van der Waals surface area (Å²) in [5.41, 5.74) is 2.26. The number of nitrogens with zero attached hydrogens (tertiary/aromatic N) is 5. The number of aliphatic hydroxyl groups is 1. The Morgan fingerprint density at radius 1 is 0.978 bits per heavy atom. The van der Waals surface area contributed by atoms with Crippen molar-refractivity contribution >= 4 is 11.4 Å². The molecule has 4 atom stereocenters. The van der Waals surface area contributed by atoms with Gasteiger partial charge in [-0.3, -0.25) is 0 Å².